The predicted molar refractivity (Wildman–Crippen MR) is 90.7 cm³/mol. The molecule has 6 heteroatoms. The van der Waals surface area contributed by atoms with Gasteiger partial charge in [0.15, 0.2) is 0 Å². The third-order valence-electron chi connectivity index (χ3n) is 3.46. The Morgan fingerprint density at radius 3 is 2.22 bits per heavy atom. The van der Waals surface area contributed by atoms with Crippen molar-refractivity contribution in [2.45, 2.75) is 18.2 Å². The highest BCUT2D eigenvalue weighted by Crippen LogP contribution is 2.14. The molecule has 0 heterocycles. The SMILES string of the molecule is CCc1ccc(NC(=O)CN(C)S(=O)(=O)c2ccccc2)cc1. The highest BCUT2D eigenvalue weighted by molar-refractivity contribution is 7.89. The molecule has 0 aliphatic carbocycles. The van der Waals surface area contributed by atoms with Gasteiger partial charge in [-0.2, -0.15) is 4.31 Å². The number of rotatable bonds is 6. The third-order valence-corrected chi connectivity index (χ3v) is 5.28. The average Bonchev–Trinajstić information content (AvgIpc) is 2.56. The number of hydrogen-bond donors (Lipinski definition) is 1. The van der Waals surface area contributed by atoms with Crippen LogP contribution in [-0.2, 0) is 21.2 Å². The third kappa shape index (κ3) is 4.40. The first-order valence-corrected chi connectivity index (χ1v) is 8.77. The summed E-state index contributed by atoms with van der Waals surface area (Å²) in [5.41, 5.74) is 1.82. The van der Waals surface area contributed by atoms with Gasteiger partial charge in [-0.05, 0) is 36.2 Å². The minimum atomic E-state index is -3.66. The van der Waals surface area contributed by atoms with Gasteiger partial charge in [-0.15, -0.1) is 0 Å². The van der Waals surface area contributed by atoms with Gasteiger partial charge in [-0.3, -0.25) is 4.79 Å². The minimum absolute atomic E-state index is 0.169. The zero-order valence-electron chi connectivity index (χ0n) is 13.2. The lowest BCUT2D eigenvalue weighted by atomic mass is 10.1. The Morgan fingerprint density at radius 1 is 1.04 bits per heavy atom. The van der Waals surface area contributed by atoms with E-state index in [2.05, 4.69) is 12.2 Å². The number of nitrogens with one attached hydrogen (secondary N) is 1. The van der Waals surface area contributed by atoms with E-state index in [1.165, 1.54) is 24.7 Å². The maximum atomic E-state index is 12.3. The zero-order valence-corrected chi connectivity index (χ0v) is 14.0. The molecule has 0 saturated carbocycles. The maximum absolute atomic E-state index is 12.3. The van der Waals surface area contributed by atoms with Crippen molar-refractivity contribution < 1.29 is 13.2 Å². The largest absolute Gasteiger partial charge is 0.325 e. The quantitative estimate of drug-likeness (QED) is 0.884. The molecule has 0 radical (unpaired) electrons. The molecule has 2 aromatic carbocycles. The summed E-state index contributed by atoms with van der Waals surface area (Å²) in [7, 11) is -2.27. The van der Waals surface area contributed by atoms with E-state index in [0.29, 0.717) is 5.69 Å². The first-order chi connectivity index (χ1) is 10.9. The molecule has 1 amide bonds. The van der Waals surface area contributed by atoms with Crippen LogP contribution in [0.4, 0.5) is 5.69 Å². The van der Waals surface area contributed by atoms with Gasteiger partial charge in [0.25, 0.3) is 0 Å². The summed E-state index contributed by atoms with van der Waals surface area (Å²) in [6, 6.07) is 15.5. The van der Waals surface area contributed by atoms with Crippen LogP contribution in [-0.4, -0.2) is 32.2 Å². The summed E-state index contributed by atoms with van der Waals surface area (Å²) in [6.45, 7) is 1.81. The first-order valence-electron chi connectivity index (χ1n) is 7.33. The summed E-state index contributed by atoms with van der Waals surface area (Å²) in [5.74, 6) is -0.378. The van der Waals surface area contributed by atoms with Crippen molar-refractivity contribution in [1.82, 2.24) is 4.31 Å². The molecule has 0 aliphatic rings. The summed E-state index contributed by atoms with van der Waals surface area (Å²) in [4.78, 5) is 12.2. The lowest BCUT2D eigenvalue weighted by Crippen LogP contribution is -2.34. The van der Waals surface area contributed by atoms with E-state index < -0.39 is 10.0 Å². The molecule has 0 bridgehead atoms. The van der Waals surface area contributed by atoms with Crippen LogP contribution in [0.2, 0.25) is 0 Å². The predicted octanol–water partition coefficient (Wildman–Crippen LogP) is 2.51. The number of amides is 1. The normalized spacial score (nSPS) is 11.4. The van der Waals surface area contributed by atoms with Gasteiger partial charge in [0.2, 0.25) is 15.9 Å². The molecule has 5 nitrogen and oxygen atoms in total. The summed E-state index contributed by atoms with van der Waals surface area (Å²) in [5, 5.41) is 2.70. The molecule has 0 fully saturated rings. The number of nitrogens with zero attached hydrogens (tertiary/aromatic N) is 1. The van der Waals surface area contributed by atoms with Crippen molar-refractivity contribution in [3.05, 3.63) is 60.2 Å². The highest BCUT2D eigenvalue weighted by Gasteiger charge is 2.22. The number of carbonyl (C=O) groups excluding carboxylic acids is 1. The second-order valence-corrected chi connectivity index (χ2v) is 7.22. The summed E-state index contributed by atoms with van der Waals surface area (Å²) in [6.07, 6.45) is 0.923. The standard InChI is InChI=1S/C17H20N2O3S/c1-3-14-9-11-15(12-10-14)18-17(20)13-19(2)23(21,22)16-7-5-4-6-8-16/h4-12H,3,13H2,1-2H3,(H,18,20). The highest BCUT2D eigenvalue weighted by atomic mass is 32.2. The summed E-state index contributed by atoms with van der Waals surface area (Å²) < 4.78 is 25.7. The van der Waals surface area contributed by atoms with Crippen molar-refractivity contribution in [2.75, 3.05) is 18.9 Å². The monoisotopic (exact) mass is 332 g/mol. The molecule has 0 saturated heterocycles. The molecule has 2 rings (SSSR count). The van der Waals surface area contributed by atoms with Gasteiger partial charge in [-0.1, -0.05) is 37.3 Å². The molecule has 23 heavy (non-hydrogen) atoms. The smallest absolute Gasteiger partial charge is 0.243 e. The van der Waals surface area contributed by atoms with Crippen molar-refractivity contribution in [1.29, 1.82) is 0 Å². The molecule has 2 aromatic rings. The van der Waals surface area contributed by atoms with Crippen molar-refractivity contribution in [3.8, 4) is 0 Å². The summed E-state index contributed by atoms with van der Waals surface area (Å²) >= 11 is 0. The Bertz CT molecular complexity index is 756. The number of anilines is 1. The second kappa shape index (κ2) is 7.39. The van der Waals surface area contributed by atoms with Gasteiger partial charge in [0, 0.05) is 12.7 Å². The van der Waals surface area contributed by atoms with Gasteiger partial charge >= 0.3 is 0 Å². The van der Waals surface area contributed by atoms with E-state index in [4.69, 9.17) is 0 Å². The van der Waals surface area contributed by atoms with Crippen molar-refractivity contribution in [2.24, 2.45) is 0 Å². The van der Waals surface area contributed by atoms with Gasteiger partial charge in [0.05, 0.1) is 11.4 Å². The van der Waals surface area contributed by atoms with Crippen molar-refractivity contribution >= 4 is 21.6 Å². The molecule has 1 N–H and O–H groups in total. The number of carbonyl (C=O) groups is 1. The van der Waals surface area contributed by atoms with Crippen LogP contribution in [0.3, 0.4) is 0 Å². The van der Waals surface area contributed by atoms with Crippen LogP contribution in [0, 0.1) is 0 Å². The topological polar surface area (TPSA) is 66.5 Å². The Hall–Kier alpha value is -2.18. The van der Waals surface area contributed by atoms with Crippen LogP contribution < -0.4 is 5.32 Å². The van der Waals surface area contributed by atoms with Gasteiger partial charge in [-0.25, -0.2) is 8.42 Å². The van der Waals surface area contributed by atoms with E-state index in [9.17, 15) is 13.2 Å². The van der Waals surface area contributed by atoms with Crippen LogP contribution in [0.1, 0.15) is 12.5 Å². The number of benzene rings is 2. The zero-order chi connectivity index (χ0) is 16.9. The van der Waals surface area contributed by atoms with Gasteiger partial charge in [0.1, 0.15) is 0 Å². The number of aryl methyl sites for hydroxylation is 1. The van der Waals surface area contributed by atoms with E-state index in [-0.39, 0.29) is 17.3 Å². The average molecular weight is 332 g/mol. The molecule has 0 spiro atoms. The van der Waals surface area contributed by atoms with E-state index in [1.807, 2.05) is 24.3 Å². The fraction of sp³-hybridized carbons (Fsp3) is 0.235. The Morgan fingerprint density at radius 2 is 1.65 bits per heavy atom. The van der Waals surface area contributed by atoms with Crippen LogP contribution in [0.5, 0.6) is 0 Å². The molecular weight excluding hydrogens is 312 g/mol. The van der Waals surface area contributed by atoms with E-state index in [1.54, 1.807) is 18.2 Å². The first kappa shape index (κ1) is 17.2. The van der Waals surface area contributed by atoms with Crippen LogP contribution >= 0.6 is 0 Å². The lowest BCUT2D eigenvalue weighted by Gasteiger charge is -2.17. The second-order valence-electron chi connectivity index (χ2n) is 5.17. The molecule has 122 valence electrons. The van der Waals surface area contributed by atoms with Crippen LogP contribution in [0.25, 0.3) is 0 Å². The van der Waals surface area contributed by atoms with Crippen molar-refractivity contribution in [3.63, 3.8) is 0 Å². The number of hydrogen-bond acceptors (Lipinski definition) is 3. The maximum Gasteiger partial charge on any atom is 0.243 e. The molecule has 0 aliphatic heterocycles. The Balaban J connectivity index is 2.01. The number of sulfonamides is 1. The Labute approximate surface area is 137 Å². The van der Waals surface area contributed by atoms with E-state index >= 15 is 0 Å². The number of likely N-dealkylation sites (N-methyl/N-ethyl adjacent to an activating group) is 1. The molecule has 0 atom stereocenters. The Kier molecular flexibility index (Phi) is 5.52. The minimum Gasteiger partial charge on any atom is -0.325 e. The molecular formula is C17H20N2O3S. The van der Waals surface area contributed by atoms with Crippen LogP contribution in [0.15, 0.2) is 59.5 Å². The molecule has 0 aromatic heterocycles. The van der Waals surface area contributed by atoms with Gasteiger partial charge < -0.3 is 5.32 Å². The fourth-order valence-corrected chi connectivity index (χ4v) is 3.23. The fourth-order valence-electron chi connectivity index (χ4n) is 2.08. The lowest BCUT2D eigenvalue weighted by molar-refractivity contribution is -0.116. The van der Waals surface area contributed by atoms with E-state index in [0.717, 1.165) is 10.7 Å². The molecule has 0 unspecified atom stereocenters.